The molecule has 2 amide bonds. The molecular weight excluding hydrogens is 560 g/mol. The number of carbonyl (C=O) groups is 4. The molecule has 2 aromatic rings. The number of aryl methyl sites for hydroxylation is 1. The smallest absolute Gasteiger partial charge is 0.408 e. The van der Waals surface area contributed by atoms with Crippen molar-refractivity contribution in [2.45, 2.75) is 71.2 Å². The van der Waals surface area contributed by atoms with Gasteiger partial charge in [-0.05, 0) is 82.5 Å². The minimum absolute atomic E-state index is 0.115. The maximum atomic E-state index is 13.3. The number of carbonyl (C=O) groups excluding carboxylic acids is 3. The summed E-state index contributed by atoms with van der Waals surface area (Å²) in [6, 6.07) is 12.6. The summed E-state index contributed by atoms with van der Waals surface area (Å²) in [5.41, 5.74) is 1.57. The first-order valence-corrected chi connectivity index (χ1v) is 14.8. The minimum atomic E-state index is -1.08. The first-order chi connectivity index (χ1) is 19.6. The molecule has 0 spiro atoms. The second-order valence-electron chi connectivity index (χ2n) is 11.6. The number of aromatic carboxylic acids is 1. The summed E-state index contributed by atoms with van der Waals surface area (Å²) in [6.07, 6.45) is -0.259. The molecule has 2 aromatic carbocycles. The molecule has 0 unspecified atom stereocenters. The zero-order valence-corrected chi connectivity index (χ0v) is 26.1. The number of hydrogen-bond donors (Lipinski definition) is 3. The van der Waals surface area contributed by atoms with Crippen molar-refractivity contribution >= 4 is 35.7 Å². The van der Waals surface area contributed by atoms with E-state index in [4.69, 9.17) is 14.2 Å². The summed E-state index contributed by atoms with van der Waals surface area (Å²) in [7, 11) is 1.22. The molecule has 11 heteroatoms. The van der Waals surface area contributed by atoms with E-state index in [0.29, 0.717) is 12.2 Å². The number of esters is 1. The van der Waals surface area contributed by atoms with Gasteiger partial charge in [-0.2, -0.15) is 11.8 Å². The fourth-order valence-corrected chi connectivity index (χ4v) is 4.77. The van der Waals surface area contributed by atoms with Crippen LogP contribution in [0.25, 0.3) is 11.1 Å². The SMILES string of the molecule is COC(=O)[C@H](COC(C)(C)C)NC(=O)[C@H](CSCCc1cc(C(=O)O)ccc1-c1ccccc1)NC(=O)OC(C)(C)C. The number of thioether (sulfide) groups is 1. The van der Waals surface area contributed by atoms with E-state index in [9.17, 15) is 24.3 Å². The van der Waals surface area contributed by atoms with Crippen molar-refractivity contribution in [2.24, 2.45) is 0 Å². The summed E-state index contributed by atoms with van der Waals surface area (Å²) in [5.74, 6) is -1.60. The van der Waals surface area contributed by atoms with Crippen LogP contribution in [-0.2, 0) is 30.2 Å². The fraction of sp³-hybridized carbons (Fsp3) is 0.484. The van der Waals surface area contributed by atoms with Gasteiger partial charge in [0.25, 0.3) is 0 Å². The van der Waals surface area contributed by atoms with Crippen molar-refractivity contribution in [3.8, 4) is 11.1 Å². The number of carboxylic acid groups (broad SMARTS) is 1. The largest absolute Gasteiger partial charge is 0.478 e. The molecular formula is C31H42N2O8S. The Hall–Kier alpha value is -3.57. The molecule has 0 saturated carbocycles. The second-order valence-corrected chi connectivity index (χ2v) is 12.7. The van der Waals surface area contributed by atoms with Gasteiger partial charge in [0.1, 0.15) is 11.6 Å². The fourth-order valence-electron chi connectivity index (χ4n) is 3.77. The van der Waals surface area contributed by atoms with Crippen LogP contribution in [-0.4, -0.2) is 77.6 Å². The number of hydrogen-bond acceptors (Lipinski definition) is 8. The lowest BCUT2D eigenvalue weighted by molar-refractivity contribution is -0.148. The van der Waals surface area contributed by atoms with Crippen molar-refractivity contribution in [1.82, 2.24) is 10.6 Å². The van der Waals surface area contributed by atoms with Crippen LogP contribution >= 0.6 is 11.8 Å². The highest BCUT2D eigenvalue weighted by atomic mass is 32.2. The molecule has 0 saturated heterocycles. The second kappa shape index (κ2) is 15.6. The van der Waals surface area contributed by atoms with Crippen LogP contribution in [0.5, 0.6) is 0 Å². The highest BCUT2D eigenvalue weighted by molar-refractivity contribution is 7.99. The van der Waals surface area contributed by atoms with Gasteiger partial charge in [0, 0.05) is 5.75 Å². The Balaban J connectivity index is 2.18. The van der Waals surface area contributed by atoms with Crippen LogP contribution in [0.3, 0.4) is 0 Å². The molecule has 2 atom stereocenters. The normalized spacial score (nSPS) is 13.0. The van der Waals surface area contributed by atoms with Crippen LogP contribution in [0.15, 0.2) is 48.5 Å². The predicted molar refractivity (Wildman–Crippen MR) is 163 cm³/mol. The molecule has 0 aliphatic heterocycles. The van der Waals surface area contributed by atoms with Gasteiger partial charge in [-0.3, -0.25) is 4.79 Å². The van der Waals surface area contributed by atoms with E-state index in [0.717, 1.165) is 16.7 Å². The lowest BCUT2D eigenvalue weighted by Crippen LogP contribution is -2.55. The van der Waals surface area contributed by atoms with Crippen LogP contribution in [0.4, 0.5) is 4.79 Å². The lowest BCUT2D eigenvalue weighted by Gasteiger charge is -2.26. The molecule has 42 heavy (non-hydrogen) atoms. The topological polar surface area (TPSA) is 140 Å². The Morgan fingerprint density at radius 1 is 0.905 bits per heavy atom. The molecule has 2 rings (SSSR count). The van der Waals surface area contributed by atoms with Gasteiger partial charge >= 0.3 is 18.0 Å². The van der Waals surface area contributed by atoms with Crippen molar-refractivity contribution in [3.63, 3.8) is 0 Å². The summed E-state index contributed by atoms with van der Waals surface area (Å²) in [6.45, 7) is 10.5. The molecule has 0 bridgehead atoms. The van der Waals surface area contributed by atoms with Crippen LogP contribution < -0.4 is 10.6 Å². The summed E-state index contributed by atoms with van der Waals surface area (Å²) < 4.78 is 15.9. The first kappa shape index (κ1) is 34.6. The van der Waals surface area contributed by atoms with E-state index in [-0.39, 0.29) is 17.9 Å². The van der Waals surface area contributed by atoms with E-state index >= 15 is 0 Å². The number of benzene rings is 2. The van der Waals surface area contributed by atoms with Crippen molar-refractivity contribution in [2.75, 3.05) is 25.2 Å². The predicted octanol–water partition coefficient (Wildman–Crippen LogP) is 4.69. The molecule has 0 radical (unpaired) electrons. The Labute approximate surface area is 251 Å². The molecule has 3 N–H and O–H groups in total. The average molecular weight is 603 g/mol. The third kappa shape index (κ3) is 12.1. The molecule has 0 fully saturated rings. The molecule has 10 nitrogen and oxygen atoms in total. The van der Waals surface area contributed by atoms with Crippen LogP contribution in [0, 0.1) is 0 Å². The zero-order valence-electron chi connectivity index (χ0n) is 25.3. The standard InChI is InChI=1S/C31H42N2O8S/c1-30(2,3)40-18-24(28(37)39-7)32-26(34)25(33-29(38)41-31(4,5)6)19-42-16-15-21-17-22(27(35)36)13-14-23(21)20-11-9-8-10-12-20/h8-14,17,24-25H,15-16,18-19H2,1-7H3,(H,32,34)(H,33,38)(H,35,36)/t24-,25-/m0/s1. The third-order valence-electron chi connectivity index (χ3n) is 5.73. The Morgan fingerprint density at radius 2 is 1.57 bits per heavy atom. The van der Waals surface area contributed by atoms with E-state index in [1.165, 1.54) is 18.9 Å². The van der Waals surface area contributed by atoms with Gasteiger partial charge < -0.3 is 30.0 Å². The number of ether oxygens (including phenoxy) is 3. The first-order valence-electron chi connectivity index (χ1n) is 13.6. The molecule has 0 aliphatic rings. The quantitative estimate of drug-likeness (QED) is 0.220. The summed E-state index contributed by atoms with van der Waals surface area (Å²) in [4.78, 5) is 49.8. The Morgan fingerprint density at radius 3 is 2.14 bits per heavy atom. The van der Waals surface area contributed by atoms with E-state index in [1.807, 2.05) is 51.1 Å². The molecule has 0 aliphatic carbocycles. The monoisotopic (exact) mass is 602 g/mol. The zero-order chi connectivity index (χ0) is 31.5. The van der Waals surface area contributed by atoms with Crippen molar-refractivity contribution < 1.29 is 38.5 Å². The molecule has 230 valence electrons. The van der Waals surface area contributed by atoms with Gasteiger partial charge in [0.15, 0.2) is 6.04 Å². The highest BCUT2D eigenvalue weighted by Crippen LogP contribution is 2.26. The summed E-state index contributed by atoms with van der Waals surface area (Å²) in [5, 5.41) is 14.7. The summed E-state index contributed by atoms with van der Waals surface area (Å²) >= 11 is 1.40. The Bertz CT molecular complexity index is 1220. The maximum Gasteiger partial charge on any atom is 0.408 e. The lowest BCUT2D eigenvalue weighted by atomic mass is 9.96. The average Bonchev–Trinajstić information content (AvgIpc) is 2.90. The van der Waals surface area contributed by atoms with Crippen LogP contribution in [0.2, 0.25) is 0 Å². The maximum absolute atomic E-state index is 13.3. The highest BCUT2D eigenvalue weighted by Gasteiger charge is 2.30. The Kier molecular flexibility index (Phi) is 12.9. The van der Waals surface area contributed by atoms with Crippen molar-refractivity contribution in [1.29, 1.82) is 0 Å². The number of rotatable bonds is 13. The van der Waals surface area contributed by atoms with Gasteiger partial charge in [0.05, 0.1) is 24.9 Å². The van der Waals surface area contributed by atoms with Gasteiger partial charge in [-0.15, -0.1) is 0 Å². The van der Waals surface area contributed by atoms with Gasteiger partial charge in [-0.25, -0.2) is 14.4 Å². The molecule has 0 aromatic heterocycles. The molecule has 0 heterocycles. The number of alkyl carbamates (subject to hydrolysis) is 1. The number of nitrogens with one attached hydrogen (secondary N) is 2. The minimum Gasteiger partial charge on any atom is -0.478 e. The number of carboxylic acids is 1. The van der Waals surface area contributed by atoms with E-state index in [1.54, 1.807) is 39.0 Å². The van der Waals surface area contributed by atoms with Gasteiger partial charge in [-0.1, -0.05) is 36.4 Å². The number of amides is 2. The van der Waals surface area contributed by atoms with Crippen LogP contribution in [0.1, 0.15) is 57.5 Å². The van der Waals surface area contributed by atoms with Gasteiger partial charge in [0.2, 0.25) is 5.91 Å². The van der Waals surface area contributed by atoms with Crippen molar-refractivity contribution in [3.05, 3.63) is 59.7 Å². The van der Waals surface area contributed by atoms with E-state index in [2.05, 4.69) is 10.6 Å². The third-order valence-corrected chi connectivity index (χ3v) is 6.79. The van der Waals surface area contributed by atoms with E-state index < -0.39 is 47.2 Å². The number of methoxy groups -OCH3 is 1.